The monoisotopic (exact) mass is 391 g/mol. The Kier molecular flexibility index (Phi) is 5.62. The zero-order chi connectivity index (χ0) is 20.5. The van der Waals surface area contributed by atoms with E-state index in [0.717, 1.165) is 6.42 Å². The lowest BCUT2D eigenvalue weighted by molar-refractivity contribution is -0.129. The number of rotatable bonds is 3. The standard InChI is InChI=1S/C19H25N3O6/c1-19(2,3)27-18(26)22-10-6-7-11(22)17-20-16(21-28-17)15(25)14-12(23)8-4-5-9-13(14)24/h11,14H,4-10H2,1-3H3/t11-/m1/s1. The largest absolute Gasteiger partial charge is 0.444 e. The van der Waals surface area contributed by atoms with Crippen LogP contribution in [0.5, 0.6) is 0 Å². The SMILES string of the molecule is CC(C)(C)OC(=O)N1CCC[C@@H]1c1nc(C(=O)C2C(=O)CCCCC2=O)no1. The molecule has 1 aromatic rings. The van der Waals surface area contributed by atoms with Crippen LogP contribution in [-0.2, 0) is 14.3 Å². The van der Waals surface area contributed by atoms with Crippen molar-refractivity contribution >= 4 is 23.4 Å². The van der Waals surface area contributed by atoms with Gasteiger partial charge in [0.25, 0.3) is 0 Å². The summed E-state index contributed by atoms with van der Waals surface area (Å²) in [4.78, 5) is 55.1. The third kappa shape index (κ3) is 4.28. The van der Waals surface area contributed by atoms with Crippen molar-refractivity contribution in [3.8, 4) is 0 Å². The lowest BCUT2D eigenvalue weighted by atomic mass is 9.92. The van der Waals surface area contributed by atoms with Crippen LogP contribution < -0.4 is 0 Å². The zero-order valence-electron chi connectivity index (χ0n) is 16.4. The fraction of sp³-hybridized carbons (Fsp3) is 0.684. The number of ketones is 3. The van der Waals surface area contributed by atoms with E-state index in [2.05, 4.69) is 10.1 Å². The van der Waals surface area contributed by atoms with E-state index in [-0.39, 0.29) is 24.6 Å². The Morgan fingerprint density at radius 3 is 2.36 bits per heavy atom. The summed E-state index contributed by atoms with van der Waals surface area (Å²) in [5, 5.41) is 3.68. The predicted molar refractivity (Wildman–Crippen MR) is 95.5 cm³/mol. The Labute approximate surface area is 162 Å². The maximum atomic E-state index is 12.7. The number of hydrogen-bond acceptors (Lipinski definition) is 8. The van der Waals surface area contributed by atoms with Gasteiger partial charge >= 0.3 is 6.09 Å². The number of hydrogen-bond donors (Lipinski definition) is 0. The molecular formula is C19H25N3O6. The highest BCUT2D eigenvalue weighted by atomic mass is 16.6. The van der Waals surface area contributed by atoms with Gasteiger partial charge in [0, 0.05) is 19.4 Å². The number of Topliss-reactive ketones (excluding diaryl/α,β-unsaturated/α-hetero) is 3. The highest BCUT2D eigenvalue weighted by Gasteiger charge is 2.40. The van der Waals surface area contributed by atoms with E-state index in [1.54, 1.807) is 20.8 Å². The molecule has 152 valence electrons. The minimum Gasteiger partial charge on any atom is -0.444 e. The number of carbonyl (C=O) groups is 4. The van der Waals surface area contributed by atoms with Gasteiger partial charge in [0.1, 0.15) is 17.6 Å². The van der Waals surface area contributed by atoms with Crippen molar-refractivity contribution in [2.45, 2.75) is 70.9 Å². The second kappa shape index (κ2) is 7.81. The van der Waals surface area contributed by atoms with Crippen molar-refractivity contribution in [2.75, 3.05) is 6.54 Å². The Hall–Kier alpha value is -2.58. The minimum absolute atomic E-state index is 0.111. The second-order valence-corrected chi connectivity index (χ2v) is 8.22. The molecule has 1 aliphatic carbocycles. The molecule has 2 heterocycles. The molecule has 1 aromatic heterocycles. The van der Waals surface area contributed by atoms with Crippen LogP contribution in [0.2, 0.25) is 0 Å². The fourth-order valence-electron chi connectivity index (χ4n) is 3.52. The van der Waals surface area contributed by atoms with Gasteiger partial charge < -0.3 is 9.26 Å². The van der Waals surface area contributed by atoms with Crippen LogP contribution >= 0.6 is 0 Å². The molecule has 28 heavy (non-hydrogen) atoms. The first-order valence-corrected chi connectivity index (χ1v) is 9.60. The normalized spacial score (nSPS) is 21.7. The van der Waals surface area contributed by atoms with E-state index in [1.807, 2.05) is 0 Å². The molecule has 9 nitrogen and oxygen atoms in total. The van der Waals surface area contributed by atoms with Crippen LogP contribution in [0.25, 0.3) is 0 Å². The van der Waals surface area contributed by atoms with Crippen molar-refractivity contribution in [2.24, 2.45) is 5.92 Å². The fourth-order valence-corrected chi connectivity index (χ4v) is 3.52. The first kappa shape index (κ1) is 20.2. The summed E-state index contributed by atoms with van der Waals surface area (Å²) in [7, 11) is 0. The van der Waals surface area contributed by atoms with Crippen molar-refractivity contribution in [1.29, 1.82) is 0 Å². The van der Waals surface area contributed by atoms with E-state index < -0.39 is 41.0 Å². The van der Waals surface area contributed by atoms with Crippen molar-refractivity contribution < 1.29 is 28.4 Å². The highest BCUT2D eigenvalue weighted by molar-refractivity contribution is 6.23. The summed E-state index contributed by atoms with van der Waals surface area (Å²) in [5.41, 5.74) is -0.638. The first-order chi connectivity index (χ1) is 13.2. The highest BCUT2D eigenvalue weighted by Crippen LogP contribution is 2.32. The Balaban J connectivity index is 1.77. The van der Waals surface area contributed by atoms with Crippen molar-refractivity contribution in [3.05, 3.63) is 11.7 Å². The topological polar surface area (TPSA) is 120 Å². The van der Waals surface area contributed by atoms with Gasteiger partial charge in [0.15, 0.2) is 11.6 Å². The maximum absolute atomic E-state index is 12.7. The van der Waals surface area contributed by atoms with Crippen LogP contribution in [0.15, 0.2) is 4.52 Å². The summed E-state index contributed by atoms with van der Waals surface area (Å²) in [6.45, 7) is 5.81. The van der Waals surface area contributed by atoms with Crippen LogP contribution in [0.1, 0.15) is 81.8 Å². The van der Waals surface area contributed by atoms with Gasteiger partial charge in [-0.05, 0) is 46.5 Å². The van der Waals surface area contributed by atoms with E-state index in [4.69, 9.17) is 9.26 Å². The summed E-state index contributed by atoms with van der Waals surface area (Å²) < 4.78 is 10.6. The van der Waals surface area contributed by atoms with Crippen molar-refractivity contribution in [1.82, 2.24) is 15.0 Å². The van der Waals surface area contributed by atoms with Gasteiger partial charge in [-0.15, -0.1) is 0 Å². The van der Waals surface area contributed by atoms with Gasteiger partial charge in [-0.2, -0.15) is 4.98 Å². The zero-order valence-corrected chi connectivity index (χ0v) is 16.4. The third-order valence-electron chi connectivity index (χ3n) is 4.83. The van der Waals surface area contributed by atoms with Crippen LogP contribution in [-0.4, -0.2) is 50.6 Å². The summed E-state index contributed by atoms with van der Waals surface area (Å²) in [6.07, 6.45) is 2.42. The molecule has 2 fully saturated rings. The molecule has 0 aromatic carbocycles. The molecule has 9 heteroatoms. The minimum atomic E-state index is -1.35. The summed E-state index contributed by atoms with van der Waals surface area (Å²) in [6, 6.07) is -0.496. The summed E-state index contributed by atoms with van der Waals surface area (Å²) >= 11 is 0. The molecule has 0 bridgehead atoms. The smallest absolute Gasteiger partial charge is 0.410 e. The lowest BCUT2D eigenvalue weighted by Gasteiger charge is -2.26. The van der Waals surface area contributed by atoms with E-state index in [0.29, 0.717) is 25.8 Å². The lowest BCUT2D eigenvalue weighted by Crippen LogP contribution is -2.36. The van der Waals surface area contributed by atoms with E-state index in [9.17, 15) is 19.2 Å². The molecule has 0 radical (unpaired) electrons. The number of ether oxygens (including phenoxy) is 1. The Morgan fingerprint density at radius 2 is 1.75 bits per heavy atom. The van der Waals surface area contributed by atoms with E-state index >= 15 is 0 Å². The van der Waals surface area contributed by atoms with Crippen molar-refractivity contribution in [3.63, 3.8) is 0 Å². The summed E-state index contributed by atoms with van der Waals surface area (Å²) in [5.74, 6) is -3.04. The quantitative estimate of drug-likeness (QED) is 0.438. The Morgan fingerprint density at radius 1 is 1.11 bits per heavy atom. The predicted octanol–water partition coefficient (Wildman–Crippen LogP) is 2.65. The van der Waals surface area contributed by atoms with E-state index in [1.165, 1.54) is 4.90 Å². The number of carbonyl (C=O) groups excluding carboxylic acids is 4. The average Bonchev–Trinajstić information content (AvgIpc) is 3.22. The molecule has 1 amide bonds. The Bertz CT molecular complexity index is 776. The van der Waals surface area contributed by atoms with Crippen LogP contribution in [0.4, 0.5) is 4.79 Å². The molecular weight excluding hydrogens is 366 g/mol. The molecule has 0 N–H and O–H groups in total. The molecule has 2 aliphatic rings. The van der Waals surface area contributed by atoms with Gasteiger partial charge in [-0.3, -0.25) is 19.3 Å². The molecule has 0 unspecified atom stereocenters. The molecule has 1 saturated carbocycles. The van der Waals surface area contributed by atoms with Crippen LogP contribution in [0, 0.1) is 5.92 Å². The molecule has 1 saturated heterocycles. The maximum Gasteiger partial charge on any atom is 0.410 e. The number of amides is 1. The number of likely N-dealkylation sites (tertiary alicyclic amines) is 1. The average molecular weight is 391 g/mol. The van der Waals surface area contributed by atoms with Gasteiger partial charge in [0.2, 0.25) is 17.5 Å². The number of nitrogens with zero attached hydrogens (tertiary/aromatic N) is 3. The van der Waals surface area contributed by atoms with Crippen LogP contribution in [0.3, 0.4) is 0 Å². The van der Waals surface area contributed by atoms with Gasteiger partial charge in [-0.25, -0.2) is 4.79 Å². The third-order valence-corrected chi connectivity index (χ3v) is 4.83. The molecule has 3 rings (SSSR count). The second-order valence-electron chi connectivity index (χ2n) is 8.22. The number of aromatic nitrogens is 2. The molecule has 1 atom stereocenters. The molecule has 0 spiro atoms. The van der Waals surface area contributed by atoms with Gasteiger partial charge in [-0.1, -0.05) is 5.16 Å². The van der Waals surface area contributed by atoms with Gasteiger partial charge in [0.05, 0.1) is 0 Å². The first-order valence-electron chi connectivity index (χ1n) is 9.60. The molecule has 1 aliphatic heterocycles.